The highest BCUT2D eigenvalue weighted by molar-refractivity contribution is 6.00. The Labute approximate surface area is 185 Å². The highest BCUT2D eigenvalue weighted by Crippen LogP contribution is 2.23. The van der Waals surface area contributed by atoms with Crippen LogP contribution in [0.1, 0.15) is 24.5 Å². The molecule has 8 heteroatoms. The molecule has 3 amide bonds. The molecule has 0 aromatic heterocycles. The highest BCUT2D eigenvalue weighted by atomic mass is 19.1. The van der Waals surface area contributed by atoms with Crippen LogP contribution in [0, 0.1) is 11.6 Å². The summed E-state index contributed by atoms with van der Waals surface area (Å²) in [7, 11) is 1.67. The second kappa shape index (κ2) is 10.2. The Morgan fingerprint density at radius 1 is 1.12 bits per heavy atom. The van der Waals surface area contributed by atoms with Crippen LogP contribution in [0.2, 0.25) is 0 Å². The number of halogens is 2. The molecule has 2 aromatic rings. The maximum atomic E-state index is 13.3. The minimum atomic E-state index is -0.959. The van der Waals surface area contributed by atoms with E-state index in [-0.39, 0.29) is 17.9 Å². The molecular weight excluding hydrogens is 416 g/mol. The largest absolute Gasteiger partial charge is 0.344 e. The number of carbonyl (C=O) groups is 3. The van der Waals surface area contributed by atoms with E-state index in [1.807, 2.05) is 36.4 Å². The standard InChI is InChI=1S/C24H25F2N3O3/c1-15(27-21(30)13-16-11-18(25)14-19(26)12-16)23(31)28-22-20(17-7-4-3-5-8-17)9-6-10-29(2)24(22)32/h3-5,7-9,11-12,14-15,22H,6,10,13H2,1-2H3,(H,27,30)(H,28,31)/t15-,22-/m0/s1. The van der Waals surface area contributed by atoms with E-state index >= 15 is 0 Å². The van der Waals surface area contributed by atoms with Gasteiger partial charge in [-0.15, -0.1) is 0 Å². The van der Waals surface area contributed by atoms with Gasteiger partial charge in [-0.2, -0.15) is 0 Å². The highest BCUT2D eigenvalue weighted by Gasteiger charge is 2.31. The Hall–Kier alpha value is -3.55. The Balaban J connectivity index is 1.70. The average molecular weight is 441 g/mol. The fourth-order valence-electron chi connectivity index (χ4n) is 3.57. The van der Waals surface area contributed by atoms with Gasteiger partial charge in [-0.05, 0) is 42.2 Å². The van der Waals surface area contributed by atoms with Crippen molar-refractivity contribution in [1.29, 1.82) is 0 Å². The molecule has 0 saturated carbocycles. The van der Waals surface area contributed by atoms with Crippen LogP contribution in [0.5, 0.6) is 0 Å². The van der Waals surface area contributed by atoms with Gasteiger partial charge in [0.15, 0.2) is 0 Å². The van der Waals surface area contributed by atoms with Crippen molar-refractivity contribution in [2.45, 2.75) is 31.8 Å². The SMILES string of the molecule is C[C@H](NC(=O)Cc1cc(F)cc(F)c1)C(=O)N[C@@H]1C(=O)N(C)CCC=C1c1ccccc1. The summed E-state index contributed by atoms with van der Waals surface area (Å²) in [5.74, 6) is -2.93. The summed E-state index contributed by atoms with van der Waals surface area (Å²) in [6.07, 6.45) is 2.30. The summed E-state index contributed by atoms with van der Waals surface area (Å²) in [5, 5.41) is 5.25. The fraction of sp³-hybridized carbons (Fsp3) is 0.292. The number of hydrogen-bond acceptors (Lipinski definition) is 3. The molecule has 6 nitrogen and oxygen atoms in total. The summed E-state index contributed by atoms with van der Waals surface area (Å²) in [4.78, 5) is 39.6. The molecule has 32 heavy (non-hydrogen) atoms. The molecule has 0 unspecified atom stereocenters. The number of rotatable bonds is 6. The Morgan fingerprint density at radius 2 is 1.78 bits per heavy atom. The zero-order chi connectivity index (χ0) is 23.3. The third-order valence-electron chi connectivity index (χ3n) is 5.21. The van der Waals surface area contributed by atoms with Crippen molar-refractivity contribution in [2.75, 3.05) is 13.6 Å². The first kappa shape index (κ1) is 23.1. The quantitative estimate of drug-likeness (QED) is 0.723. The molecule has 168 valence electrons. The maximum absolute atomic E-state index is 13.3. The van der Waals surface area contributed by atoms with E-state index in [1.54, 1.807) is 11.9 Å². The predicted octanol–water partition coefficient (Wildman–Crippen LogP) is 2.44. The lowest BCUT2D eigenvalue weighted by Gasteiger charge is -2.25. The van der Waals surface area contributed by atoms with Gasteiger partial charge in [-0.25, -0.2) is 8.78 Å². The van der Waals surface area contributed by atoms with E-state index in [4.69, 9.17) is 0 Å². The summed E-state index contributed by atoms with van der Waals surface area (Å²) >= 11 is 0. The van der Waals surface area contributed by atoms with Crippen molar-refractivity contribution in [3.05, 3.63) is 77.4 Å². The molecule has 0 fully saturated rings. The molecule has 3 rings (SSSR count). The Bertz CT molecular complexity index is 1020. The molecule has 0 radical (unpaired) electrons. The molecule has 2 atom stereocenters. The van der Waals surface area contributed by atoms with Crippen LogP contribution >= 0.6 is 0 Å². The first-order valence-electron chi connectivity index (χ1n) is 10.3. The minimum absolute atomic E-state index is 0.155. The minimum Gasteiger partial charge on any atom is -0.344 e. The van der Waals surface area contributed by atoms with E-state index in [0.717, 1.165) is 23.8 Å². The number of hydrogen-bond donors (Lipinski definition) is 2. The van der Waals surface area contributed by atoms with Crippen molar-refractivity contribution in [3.8, 4) is 0 Å². The number of nitrogens with one attached hydrogen (secondary N) is 2. The zero-order valence-electron chi connectivity index (χ0n) is 17.9. The number of nitrogens with zero attached hydrogens (tertiary/aromatic N) is 1. The van der Waals surface area contributed by atoms with Gasteiger partial charge in [0.1, 0.15) is 23.7 Å². The summed E-state index contributed by atoms with van der Waals surface area (Å²) in [6, 6.07) is 10.3. The van der Waals surface area contributed by atoms with Crippen molar-refractivity contribution >= 4 is 23.3 Å². The second-order valence-electron chi connectivity index (χ2n) is 7.76. The Morgan fingerprint density at radius 3 is 2.44 bits per heavy atom. The number of amides is 3. The first-order valence-corrected chi connectivity index (χ1v) is 10.3. The summed E-state index contributed by atoms with van der Waals surface area (Å²) in [5.41, 5.74) is 1.68. The van der Waals surface area contributed by atoms with E-state index in [0.29, 0.717) is 18.5 Å². The van der Waals surface area contributed by atoms with Gasteiger partial charge in [0.05, 0.1) is 6.42 Å². The van der Waals surface area contributed by atoms with Crippen molar-refractivity contribution in [1.82, 2.24) is 15.5 Å². The van der Waals surface area contributed by atoms with Crippen LogP contribution in [0.15, 0.2) is 54.6 Å². The predicted molar refractivity (Wildman–Crippen MR) is 116 cm³/mol. The van der Waals surface area contributed by atoms with Crippen LogP contribution < -0.4 is 10.6 Å². The molecule has 1 heterocycles. The van der Waals surface area contributed by atoms with Gasteiger partial charge in [-0.1, -0.05) is 36.4 Å². The van der Waals surface area contributed by atoms with Gasteiger partial charge < -0.3 is 15.5 Å². The van der Waals surface area contributed by atoms with Gasteiger partial charge in [0.2, 0.25) is 17.7 Å². The number of benzene rings is 2. The lowest BCUT2D eigenvalue weighted by molar-refractivity contribution is -0.134. The summed E-state index contributed by atoms with van der Waals surface area (Å²) < 4.78 is 26.7. The van der Waals surface area contributed by atoms with Gasteiger partial charge in [0.25, 0.3) is 0 Å². The fourth-order valence-corrected chi connectivity index (χ4v) is 3.57. The van der Waals surface area contributed by atoms with E-state index in [2.05, 4.69) is 10.6 Å². The molecule has 1 aliphatic rings. The number of likely N-dealkylation sites (N-methyl/N-ethyl adjacent to an activating group) is 1. The van der Waals surface area contributed by atoms with Crippen molar-refractivity contribution < 1.29 is 23.2 Å². The molecular formula is C24H25F2N3O3. The summed E-state index contributed by atoms with van der Waals surface area (Å²) in [6.45, 7) is 2.01. The molecule has 0 aliphatic carbocycles. The van der Waals surface area contributed by atoms with Crippen LogP contribution in [0.3, 0.4) is 0 Å². The smallest absolute Gasteiger partial charge is 0.249 e. The lowest BCUT2D eigenvalue weighted by Crippen LogP contribution is -2.53. The van der Waals surface area contributed by atoms with Crippen LogP contribution in [0.4, 0.5) is 8.78 Å². The van der Waals surface area contributed by atoms with Gasteiger partial charge >= 0.3 is 0 Å². The van der Waals surface area contributed by atoms with Crippen LogP contribution in [0.25, 0.3) is 5.57 Å². The lowest BCUT2D eigenvalue weighted by atomic mass is 9.97. The molecule has 2 aromatic carbocycles. The monoisotopic (exact) mass is 441 g/mol. The van der Waals surface area contributed by atoms with Crippen molar-refractivity contribution in [3.63, 3.8) is 0 Å². The zero-order valence-corrected chi connectivity index (χ0v) is 17.9. The van der Waals surface area contributed by atoms with Crippen molar-refractivity contribution in [2.24, 2.45) is 0 Å². The molecule has 1 aliphatic heterocycles. The van der Waals surface area contributed by atoms with Gasteiger partial charge in [0, 0.05) is 19.7 Å². The molecule has 2 N–H and O–H groups in total. The topological polar surface area (TPSA) is 78.5 Å². The number of carbonyl (C=O) groups excluding carboxylic acids is 3. The first-order chi connectivity index (χ1) is 15.2. The molecule has 0 saturated heterocycles. The maximum Gasteiger partial charge on any atom is 0.249 e. The normalized spacial score (nSPS) is 17.2. The third-order valence-corrected chi connectivity index (χ3v) is 5.21. The van der Waals surface area contributed by atoms with E-state index < -0.39 is 35.5 Å². The third kappa shape index (κ3) is 5.78. The second-order valence-corrected chi connectivity index (χ2v) is 7.76. The van der Waals surface area contributed by atoms with Crippen LogP contribution in [-0.4, -0.2) is 48.3 Å². The van der Waals surface area contributed by atoms with Gasteiger partial charge in [-0.3, -0.25) is 14.4 Å². The van der Waals surface area contributed by atoms with Crippen LogP contribution in [-0.2, 0) is 20.8 Å². The van der Waals surface area contributed by atoms with E-state index in [1.165, 1.54) is 6.92 Å². The Kier molecular flexibility index (Phi) is 7.35. The molecule has 0 bridgehead atoms. The molecule has 0 spiro atoms. The average Bonchev–Trinajstić information content (AvgIpc) is 2.87. The van der Waals surface area contributed by atoms with E-state index in [9.17, 15) is 23.2 Å².